The molecule has 0 saturated carbocycles. The summed E-state index contributed by atoms with van der Waals surface area (Å²) in [7, 11) is -1.03. The number of rotatable bonds is 18. The highest BCUT2D eigenvalue weighted by atomic mass is 35.5. The second-order valence-electron chi connectivity index (χ2n) is 13.7. The molecule has 0 spiro atoms. The average Bonchev–Trinajstić information content (AvgIpc) is 3.29. The SMILES string of the molecule is COc1ccc(O[C@H]([C@H](Oc2ccc(OC)cc2)c2cnc(-c3ccc(Cl)cc3)nc2)[C@@H](COC(c2ccccc2)(c2ccccc2)c2ccccc2)OS(C)(=O)=O)cc1. The zero-order valence-electron chi connectivity index (χ0n) is 33.1. The summed E-state index contributed by atoms with van der Waals surface area (Å²) in [4.78, 5) is 9.40. The monoisotopic (exact) mass is 842 g/mol. The lowest BCUT2D eigenvalue weighted by Crippen LogP contribution is -2.47. The van der Waals surface area contributed by atoms with Crippen LogP contribution in [0.25, 0.3) is 11.4 Å². The van der Waals surface area contributed by atoms with Crippen LogP contribution >= 0.6 is 11.6 Å². The molecule has 1 heterocycles. The average molecular weight is 843 g/mol. The van der Waals surface area contributed by atoms with E-state index >= 15 is 0 Å². The first kappa shape index (κ1) is 41.9. The van der Waals surface area contributed by atoms with E-state index < -0.39 is 34.0 Å². The molecule has 7 rings (SSSR count). The molecule has 0 radical (unpaired) electrons. The van der Waals surface area contributed by atoms with Crippen LogP contribution in [0.3, 0.4) is 0 Å². The van der Waals surface area contributed by atoms with Crippen molar-refractivity contribution in [2.75, 3.05) is 27.1 Å². The molecule has 0 aliphatic heterocycles. The molecule has 60 heavy (non-hydrogen) atoms. The Morgan fingerprint density at radius 2 is 1.02 bits per heavy atom. The summed E-state index contributed by atoms with van der Waals surface area (Å²) in [5.74, 6) is 2.47. The number of benzene rings is 6. The van der Waals surface area contributed by atoms with Crippen molar-refractivity contribution in [1.82, 2.24) is 9.97 Å². The Morgan fingerprint density at radius 3 is 1.45 bits per heavy atom. The molecular formula is C48H43ClN2O8S. The first-order valence-electron chi connectivity index (χ1n) is 19.0. The van der Waals surface area contributed by atoms with Crippen LogP contribution in [-0.2, 0) is 24.6 Å². The van der Waals surface area contributed by atoms with Crippen molar-refractivity contribution in [2.24, 2.45) is 0 Å². The minimum absolute atomic E-state index is 0.307. The lowest BCUT2D eigenvalue weighted by atomic mass is 9.80. The molecule has 306 valence electrons. The minimum Gasteiger partial charge on any atom is -0.497 e. The number of hydrogen-bond donors (Lipinski definition) is 0. The summed E-state index contributed by atoms with van der Waals surface area (Å²) < 4.78 is 64.5. The van der Waals surface area contributed by atoms with E-state index in [9.17, 15) is 8.42 Å². The van der Waals surface area contributed by atoms with Gasteiger partial charge in [0.1, 0.15) is 34.7 Å². The normalized spacial score (nSPS) is 13.1. The van der Waals surface area contributed by atoms with E-state index in [4.69, 9.17) is 49.4 Å². The maximum atomic E-state index is 13.4. The van der Waals surface area contributed by atoms with Gasteiger partial charge in [-0.1, -0.05) is 103 Å². The van der Waals surface area contributed by atoms with E-state index in [1.807, 2.05) is 103 Å². The van der Waals surface area contributed by atoms with Gasteiger partial charge in [0.2, 0.25) is 0 Å². The van der Waals surface area contributed by atoms with Gasteiger partial charge in [-0.15, -0.1) is 0 Å². The van der Waals surface area contributed by atoms with Crippen molar-refractivity contribution in [3.05, 3.63) is 203 Å². The second kappa shape index (κ2) is 19.2. The van der Waals surface area contributed by atoms with Crippen LogP contribution in [0, 0.1) is 0 Å². The van der Waals surface area contributed by atoms with Gasteiger partial charge in [-0.25, -0.2) is 9.97 Å². The Hall–Kier alpha value is -6.24. The summed E-state index contributed by atoms with van der Waals surface area (Å²) >= 11 is 6.16. The standard InChI is InChI=1S/C48H43ClN2O8S/c1-54-40-23-27-42(28-24-40)57-45(35-31-50-47(51-32-35)34-19-21-39(49)22-20-34)46(58-43-29-25-41(55-2)26-30-43)44(59-60(3,52)53)33-56-48(36-13-7-4-8-14-36,37-15-9-5-10-16-37)38-17-11-6-12-18-38/h4-32,44-46H,33H2,1-3H3/t44-,45-,46+/m1/s1. The number of ether oxygens (including phenoxy) is 5. The number of hydrogen-bond acceptors (Lipinski definition) is 10. The predicted octanol–water partition coefficient (Wildman–Crippen LogP) is 9.74. The Kier molecular flexibility index (Phi) is 13.4. The number of methoxy groups -OCH3 is 2. The van der Waals surface area contributed by atoms with Gasteiger partial charge in [-0.3, -0.25) is 4.18 Å². The van der Waals surface area contributed by atoms with Crippen LogP contribution in [0.2, 0.25) is 5.02 Å². The third-order valence-corrected chi connectivity index (χ3v) is 10.6. The summed E-state index contributed by atoms with van der Waals surface area (Å²) in [6.07, 6.45) is 0.588. The topological polar surface area (TPSA) is 115 Å². The first-order chi connectivity index (χ1) is 29.1. The van der Waals surface area contributed by atoms with Gasteiger partial charge in [0, 0.05) is 28.5 Å². The lowest BCUT2D eigenvalue weighted by molar-refractivity contribution is -0.0857. The molecule has 0 unspecified atom stereocenters. The van der Waals surface area contributed by atoms with Crippen LogP contribution in [-0.4, -0.2) is 57.7 Å². The highest BCUT2D eigenvalue weighted by Gasteiger charge is 2.43. The molecule has 6 aromatic carbocycles. The van der Waals surface area contributed by atoms with Gasteiger partial charge < -0.3 is 23.7 Å². The molecule has 0 amide bonds. The van der Waals surface area contributed by atoms with Gasteiger partial charge >= 0.3 is 0 Å². The fraction of sp³-hybridized carbons (Fsp3) is 0.167. The van der Waals surface area contributed by atoms with Gasteiger partial charge in [0.15, 0.2) is 18.0 Å². The molecular weight excluding hydrogens is 800 g/mol. The van der Waals surface area contributed by atoms with E-state index in [2.05, 4.69) is 0 Å². The molecule has 0 N–H and O–H groups in total. The Bertz CT molecular complexity index is 2420. The van der Waals surface area contributed by atoms with Gasteiger partial charge in [0.05, 0.1) is 27.1 Å². The molecule has 0 aliphatic rings. The molecule has 1 aromatic heterocycles. The zero-order valence-corrected chi connectivity index (χ0v) is 34.7. The molecule has 10 nitrogen and oxygen atoms in total. The summed E-state index contributed by atoms with van der Waals surface area (Å²) in [5.41, 5.74) is 2.41. The molecule has 0 bridgehead atoms. The quantitative estimate of drug-likeness (QED) is 0.0611. The van der Waals surface area contributed by atoms with Gasteiger partial charge in [-0.05, 0) is 89.5 Å². The second-order valence-corrected chi connectivity index (χ2v) is 15.8. The minimum atomic E-state index is -4.17. The van der Waals surface area contributed by atoms with Gasteiger partial charge in [0.25, 0.3) is 10.1 Å². The van der Waals surface area contributed by atoms with Crippen LogP contribution in [0.4, 0.5) is 0 Å². The molecule has 0 fully saturated rings. The highest BCUT2D eigenvalue weighted by molar-refractivity contribution is 7.86. The molecule has 0 saturated heterocycles. The van der Waals surface area contributed by atoms with Crippen LogP contribution in [0.1, 0.15) is 28.4 Å². The summed E-state index contributed by atoms with van der Waals surface area (Å²) in [6.45, 7) is -0.307. The molecule has 7 aromatic rings. The van der Waals surface area contributed by atoms with E-state index in [0.717, 1.165) is 28.5 Å². The van der Waals surface area contributed by atoms with Gasteiger partial charge in [-0.2, -0.15) is 8.42 Å². The van der Waals surface area contributed by atoms with E-state index in [1.165, 1.54) is 0 Å². The highest BCUT2D eigenvalue weighted by Crippen LogP contribution is 2.42. The van der Waals surface area contributed by atoms with Crippen molar-refractivity contribution in [1.29, 1.82) is 0 Å². The Balaban J connectivity index is 1.39. The van der Waals surface area contributed by atoms with Crippen LogP contribution < -0.4 is 18.9 Å². The largest absolute Gasteiger partial charge is 0.497 e. The van der Waals surface area contributed by atoms with Crippen molar-refractivity contribution in [3.8, 4) is 34.4 Å². The van der Waals surface area contributed by atoms with Crippen LogP contribution in [0.5, 0.6) is 23.0 Å². The van der Waals surface area contributed by atoms with Crippen molar-refractivity contribution in [2.45, 2.75) is 23.9 Å². The molecule has 0 aliphatic carbocycles. The van der Waals surface area contributed by atoms with E-state index in [1.54, 1.807) is 87.3 Å². The first-order valence-corrected chi connectivity index (χ1v) is 21.2. The molecule has 3 atom stereocenters. The zero-order chi connectivity index (χ0) is 42.0. The van der Waals surface area contributed by atoms with Crippen molar-refractivity contribution >= 4 is 21.7 Å². The third-order valence-electron chi connectivity index (χ3n) is 9.73. The maximum Gasteiger partial charge on any atom is 0.264 e. The Labute approximate surface area is 355 Å². The fourth-order valence-electron chi connectivity index (χ4n) is 6.88. The fourth-order valence-corrected chi connectivity index (χ4v) is 7.62. The number of nitrogens with zero attached hydrogens (tertiary/aromatic N) is 2. The summed E-state index contributed by atoms with van der Waals surface area (Å²) in [6, 6.07) is 50.4. The van der Waals surface area contributed by atoms with Crippen molar-refractivity contribution in [3.63, 3.8) is 0 Å². The number of aromatic nitrogens is 2. The van der Waals surface area contributed by atoms with Crippen molar-refractivity contribution < 1.29 is 36.3 Å². The Morgan fingerprint density at radius 1 is 0.583 bits per heavy atom. The third kappa shape index (κ3) is 10.1. The van der Waals surface area contributed by atoms with Crippen LogP contribution in [0.15, 0.2) is 176 Å². The maximum absolute atomic E-state index is 13.4. The predicted molar refractivity (Wildman–Crippen MR) is 231 cm³/mol. The molecule has 12 heteroatoms. The lowest BCUT2D eigenvalue weighted by Gasteiger charge is -2.39. The summed E-state index contributed by atoms with van der Waals surface area (Å²) in [5, 5.41) is 0.580. The number of halogens is 1. The van der Waals surface area contributed by atoms with E-state index in [-0.39, 0.29) is 6.61 Å². The van der Waals surface area contributed by atoms with E-state index in [0.29, 0.717) is 39.4 Å². The smallest absolute Gasteiger partial charge is 0.264 e.